The Bertz CT molecular complexity index is 757. The van der Waals surface area contributed by atoms with Gasteiger partial charge in [-0.1, -0.05) is 50.3 Å². The van der Waals surface area contributed by atoms with Crippen molar-refractivity contribution in [2.45, 2.75) is 51.8 Å². The van der Waals surface area contributed by atoms with Gasteiger partial charge in [0.15, 0.2) is 0 Å². The summed E-state index contributed by atoms with van der Waals surface area (Å²) in [6, 6.07) is 11.1. The summed E-state index contributed by atoms with van der Waals surface area (Å²) in [4.78, 5) is 4.42. The van der Waals surface area contributed by atoms with Crippen LogP contribution in [0.1, 0.15) is 55.7 Å². The molecule has 2 rings (SSSR count). The zero-order valence-corrected chi connectivity index (χ0v) is 16.7. The lowest BCUT2D eigenvalue weighted by molar-refractivity contribution is -0.137. The second-order valence-corrected chi connectivity index (χ2v) is 7.03. The van der Waals surface area contributed by atoms with Gasteiger partial charge < -0.3 is 4.74 Å². The molecule has 0 aliphatic carbocycles. The highest BCUT2D eigenvalue weighted by Gasteiger charge is 2.33. The number of ether oxygens (including phenoxy) is 1. The Morgan fingerprint density at radius 2 is 1.71 bits per heavy atom. The second kappa shape index (κ2) is 11.1. The van der Waals surface area contributed by atoms with Crippen LogP contribution in [-0.2, 0) is 12.8 Å². The van der Waals surface area contributed by atoms with E-state index in [2.05, 4.69) is 11.9 Å². The largest absolute Gasteiger partial charge is 0.489 e. The maximum Gasteiger partial charge on any atom is 0.417 e. The molecular formula is C22H25ClF3NO. The standard InChI is InChI=1S/C22H25ClF3NO/c1-2-3-4-5-6-13-27-15-17-7-10-19(11-8-17)28-16-18-9-12-21(23)20(14-18)22(24,25)26/h7-12,14-15H,2-6,13,16H2,1H3/b27-15+. The van der Waals surface area contributed by atoms with Gasteiger partial charge >= 0.3 is 6.18 Å². The minimum atomic E-state index is -4.48. The van der Waals surface area contributed by atoms with E-state index in [1.165, 1.54) is 37.8 Å². The SMILES string of the molecule is CCCCCCC/N=C/c1ccc(OCc2ccc(Cl)c(C(F)(F)F)c2)cc1. The van der Waals surface area contributed by atoms with Gasteiger partial charge in [-0.15, -0.1) is 0 Å². The van der Waals surface area contributed by atoms with Crippen molar-refractivity contribution < 1.29 is 17.9 Å². The second-order valence-electron chi connectivity index (χ2n) is 6.62. The quantitative estimate of drug-likeness (QED) is 0.296. The highest BCUT2D eigenvalue weighted by atomic mass is 35.5. The van der Waals surface area contributed by atoms with Crippen molar-refractivity contribution in [2.75, 3.05) is 6.54 Å². The molecule has 0 amide bonds. The first kappa shape index (κ1) is 22.3. The van der Waals surface area contributed by atoms with E-state index in [4.69, 9.17) is 16.3 Å². The zero-order valence-electron chi connectivity index (χ0n) is 15.9. The summed E-state index contributed by atoms with van der Waals surface area (Å²) >= 11 is 5.63. The normalized spacial score (nSPS) is 11.9. The summed E-state index contributed by atoms with van der Waals surface area (Å²) in [7, 11) is 0. The van der Waals surface area contributed by atoms with Gasteiger partial charge in [0, 0.05) is 12.8 Å². The monoisotopic (exact) mass is 411 g/mol. The van der Waals surface area contributed by atoms with E-state index < -0.39 is 11.7 Å². The van der Waals surface area contributed by atoms with Gasteiger partial charge in [0.05, 0.1) is 10.6 Å². The summed E-state index contributed by atoms with van der Waals surface area (Å²) in [6.45, 7) is 3.05. The number of hydrogen-bond acceptors (Lipinski definition) is 2. The van der Waals surface area contributed by atoms with Crippen LogP contribution in [-0.4, -0.2) is 12.8 Å². The van der Waals surface area contributed by atoms with Gasteiger partial charge in [-0.3, -0.25) is 4.99 Å². The summed E-state index contributed by atoms with van der Waals surface area (Å²) < 4.78 is 44.3. The van der Waals surface area contributed by atoms with Crippen LogP contribution >= 0.6 is 11.6 Å². The fourth-order valence-corrected chi connectivity index (χ4v) is 2.90. The maximum absolute atomic E-state index is 12.9. The van der Waals surface area contributed by atoms with E-state index in [9.17, 15) is 13.2 Å². The number of rotatable bonds is 10. The minimum Gasteiger partial charge on any atom is -0.489 e. The van der Waals surface area contributed by atoms with Gasteiger partial charge in [0.2, 0.25) is 0 Å². The number of nitrogens with zero attached hydrogens (tertiary/aromatic N) is 1. The number of halogens is 4. The molecule has 0 aliphatic heterocycles. The van der Waals surface area contributed by atoms with Crippen LogP contribution in [0.2, 0.25) is 5.02 Å². The molecule has 0 aliphatic rings. The summed E-state index contributed by atoms with van der Waals surface area (Å²) in [5, 5.41) is -0.315. The summed E-state index contributed by atoms with van der Waals surface area (Å²) in [5.74, 6) is 0.584. The third-order valence-electron chi connectivity index (χ3n) is 4.25. The first-order chi connectivity index (χ1) is 13.4. The average molecular weight is 412 g/mol. The van der Waals surface area contributed by atoms with Crippen molar-refractivity contribution >= 4 is 17.8 Å². The Morgan fingerprint density at radius 1 is 1.00 bits per heavy atom. The van der Waals surface area contributed by atoms with Crippen molar-refractivity contribution in [3.8, 4) is 5.75 Å². The number of benzene rings is 2. The van der Waals surface area contributed by atoms with Gasteiger partial charge in [0.25, 0.3) is 0 Å². The molecule has 0 fully saturated rings. The lowest BCUT2D eigenvalue weighted by Gasteiger charge is -2.12. The third-order valence-corrected chi connectivity index (χ3v) is 4.58. The van der Waals surface area contributed by atoms with Crippen LogP contribution in [0.4, 0.5) is 13.2 Å². The van der Waals surface area contributed by atoms with E-state index in [0.29, 0.717) is 11.3 Å². The van der Waals surface area contributed by atoms with Gasteiger partial charge in [0.1, 0.15) is 12.4 Å². The molecule has 0 radical (unpaired) electrons. The first-order valence-corrected chi connectivity index (χ1v) is 9.86. The van der Waals surface area contributed by atoms with E-state index in [-0.39, 0.29) is 11.6 Å². The summed E-state index contributed by atoms with van der Waals surface area (Å²) in [6.07, 6.45) is 3.42. The van der Waals surface area contributed by atoms with Crippen molar-refractivity contribution in [1.82, 2.24) is 0 Å². The Morgan fingerprint density at radius 3 is 2.39 bits per heavy atom. The molecule has 0 N–H and O–H groups in total. The molecule has 0 unspecified atom stereocenters. The van der Waals surface area contributed by atoms with E-state index in [0.717, 1.165) is 24.6 Å². The number of hydrogen-bond donors (Lipinski definition) is 0. The fraction of sp³-hybridized carbons (Fsp3) is 0.409. The molecule has 2 nitrogen and oxygen atoms in total. The van der Waals surface area contributed by atoms with Gasteiger partial charge in [-0.25, -0.2) is 0 Å². The topological polar surface area (TPSA) is 21.6 Å². The van der Waals surface area contributed by atoms with E-state index >= 15 is 0 Å². The molecular weight excluding hydrogens is 387 g/mol. The van der Waals surface area contributed by atoms with Crippen LogP contribution in [0.5, 0.6) is 5.75 Å². The maximum atomic E-state index is 12.9. The van der Waals surface area contributed by atoms with E-state index in [1.54, 1.807) is 12.1 Å². The van der Waals surface area contributed by atoms with Crippen LogP contribution in [0.25, 0.3) is 0 Å². The predicted molar refractivity (Wildman–Crippen MR) is 108 cm³/mol. The molecule has 0 aromatic heterocycles. The van der Waals surface area contributed by atoms with Crippen molar-refractivity contribution in [2.24, 2.45) is 4.99 Å². The molecule has 0 saturated carbocycles. The van der Waals surface area contributed by atoms with E-state index in [1.807, 2.05) is 18.3 Å². The Labute approximate surface area is 169 Å². The molecule has 28 heavy (non-hydrogen) atoms. The third kappa shape index (κ3) is 7.55. The minimum absolute atomic E-state index is 0.0332. The molecule has 2 aromatic carbocycles. The Kier molecular flexibility index (Phi) is 8.84. The van der Waals surface area contributed by atoms with Crippen LogP contribution in [0.3, 0.4) is 0 Å². The van der Waals surface area contributed by atoms with Crippen molar-refractivity contribution in [3.05, 3.63) is 64.2 Å². The fourth-order valence-electron chi connectivity index (χ4n) is 2.67. The molecule has 6 heteroatoms. The Balaban J connectivity index is 1.83. The lowest BCUT2D eigenvalue weighted by Crippen LogP contribution is -2.07. The van der Waals surface area contributed by atoms with Crippen LogP contribution < -0.4 is 4.74 Å². The molecule has 2 aromatic rings. The predicted octanol–water partition coefficient (Wildman–Crippen LogP) is 7.33. The first-order valence-electron chi connectivity index (χ1n) is 9.48. The Hall–Kier alpha value is -2.01. The van der Waals surface area contributed by atoms with Gasteiger partial charge in [-0.05, 0) is 53.9 Å². The molecule has 0 atom stereocenters. The molecule has 0 bridgehead atoms. The zero-order chi connectivity index (χ0) is 20.4. The summed E-state index contributed by atoms with van der Waals surface area (Å²) in [5.41, 5.74) is 0.522. The highest BCUT2D eigenvalue weighted by Crippen LogP contribution is 2.35. The molecule has 0 heterocycles. The smallest absolute Gasteiger partial charge is 0.417 e. The van der Waals surface area contributed by atoms with Gasteiger partial charge in [-0.2, -0.15) is 13.2 Å². The van der Waals surface area contributed by atoms with Crippen LogP contribution in [0, 0.1) is 0 Å². The van der Waals surface area contributed by atoms with Crippen molar-refractivity contribution in [1.29, 1.82) is 0 Å². The average Bonchev–Trinajstić information content (AvgIpc) is 2.66. The van der Waals surface area contributed by atoms with Crippen LogP contribution in [0.15, 0.2) is 47.5 Å². The molecule has 152 valence electrons. The molecule has 0 saturated heterocycles. The van der Waals surface area contributed by atoms with Crippen molar-refractivity contribution in [3.63, 3.8) is 0 Å². The number of aliphatic imine (C=N–C) groups is 1. The molecule has 0 spiro atoms. The highest BCUT2D eigenvalue weighted by molar-refractivity contribution is 6.31. The number of alkyl halides is 3. The lowest BCUT2D eigenvalue weighted by atomic mass is 10.1. The number of unbranched alkanes of at least 4 members (excludes halogenated alkanes) is 4.